The van der Waals surface area contributed by atoms with Gasteiger partial charge < -0.3 is 0 Å². The van der Waals surface area contributed by atoms with Crippen LogP contribution in [0.4, 0.5) is 0 Å². The highest BCUT2D eigenvalue weighted by molar-refractivity contribution is 6.32. The molecule has 1 aliphatic carbocycles. The van der Waals surface area contributed by atoms with Gasteiger partial charge in [0.15, 0.2) is 0 Å². The van der Waals surface area contributed by atoms with E-state index in [2.05, 4.69) is 24.0 Å². The molecule has 0 saturated heterocycles. The zero-order chi connectivity index (χ0) is 12.6. The number of halogens is 1. The van der Waals surface area contributed by atoms with Crippen LogP contribution in [0.5, 0.6) is 0 Å². The van der Waals surface area contributed by atoms with Crippen molar-refractivity contribution < 1.29 is 0 Å². The van der Waals surface area contributed by atoms with E-state index in [9.17, 15) is 0 Å². The van der Waals surface area contributed by atoms with Gasteiger partial charge in [-0.3, -0.25) is 5.10 Å². The maximum atomic E-state index is 6.34. The third-order valence-corrected chi connectivity index (χ3v) is 3.86. The predicted molar refractivity (Wildman–Crippen MR) is 73.8 cm³/mol. The number of hydrogen-bond acceptors (Lipinski definition) is 1. The van der Waals surface area contributed by atoms with Crippen LogP contribution in [0.2, 0.25) is 5.02 Å². The molecule has 0 amide bonds. The Morgan fingerprint density at radius 3 is 2.59 bits per heavy atom. The smallest absolute Gasteiger partial charge is 0.0668 e. The molecule has 0 spiro atoms. The zero-order valence-electron chi connectivity index (χ0n) is 10.9. The molecule has 1 heterocycles. The zero-order valence-corrected chi connectivity index (χ0v) is 11.7. The van der Waals surface area contributed by atoms with Gasteiger partial charge in [0.25, 0.3) is 0 Å². The third kappa shape index (κ3) is 1.95. The topological polar surface area (TPSA) is 28.7 Å². The fourth-order valence-electron chi connectivity index (χ4n) is 2.40. The Hall–Kier alpha value is -1.02. The molecule has 0 bridgehead atoms. The van der Waals surface area contributed by atoms with E-state index in [1.807, 2.05) is 26.1 Å². The Kier molecular flexibility index (Phi) is 3.17. The summed E-state index contributed by atoms with van der Waals surface area (Å²) in [5.41, 5.74) is 3.95. The molecule has 1 aromatic carbocycles. The van der Waals surface area contributed by atoms with Gasteiger partial charge in [-0.15, -0.1) is 0 Å². The summed E-state index contributed by atoms with van der Waals surface area (Å²) in [5, 5.41) is 9.10. The summed E-state index contributed by atoms with van der Waals surface area (Å²) in [6.07, 6.45) is 4.38. The van der Waals surface area contributed by atoms with E-state index in [0.717, 1.165) is 10.5 Å². The van der Waals surface area contributed by atoms with Crippen LogP contribution in [0.3, 0.4) is 0 Å². The monoisotopic (exact) mass is 250 g/mol. The average molecular weight is 251 g/mol. The van der Waals surface area contributed by atoms with Crippen molar-refractivity contribution in [3.63, 3.8) is 0 Å². The molecule has 17 heavy (non-hydrogen) atoms. The Balaban J connectivity index is 0.000000514. The number of aromatic nitrogens is 2. The van der Waals surface area contributed by atoms with E-state index in [-0.39, 0.29) is 0 Å². The van der Waals surface area contributed by atoms with E-state index in [1.54, 1.807) is 0 Å². The van der Waals surface area contributed by atoms with Gasteiger partial charge in [-0.1, -0.05) is 32.4 Å². The summed E-state index contributed by atoms with van der Waals surface area (Å²) in [7, 11) is 0. The van der Waals surface area contributed by atoms with E-state index in [1.165, 1.54) is 29.4 Å². The van der Waals surface area contributed by atoms with Gasteiger partial charge in [-0.05, 0) is 42.4 Å². The number of fused-ring (bicyclic) bond motifs is 1. The Bertz CT molecular complexity index is 538. The van der Waals surface area contributed by atoms with Gasteiger partial charge in [-0.25, -0.2) is 0 Å². The fourth-order valence-corrected chi connectivity index (χ4v) is 2.88. The standard InChI is InChI=1S/C12H13ClN2.C2H6/c1-7-8-6-14-15-10(8)5-9(13)11(7)12(2)3-4-12;1-2/h5-6H,3-4H2,1-2H3,(H,14,15);1-2H3. The van der Waals surface area contributed by atoms with Crippen molar-refractivity contribution in [1.29, 1.82) is 0 Å². The maximum absolute atomic E-state index is 6.34. The van der Waals surface area contributed by atoms with Gasteiger partial charge in [0.2, 0.25) is 0 Å². The second-order valence-electron chi connectivity index (χ2n) is 4.75. The van der Waals surface area contributed by atoms with Crippen LogP contribution in [0, 0.1) is 6.92 Å². The number of H-pyrrole nitrogens is 1. The normalized spacial score (nSPS) is 16.5. The van der Waals surface area contributed by atoms with Crippen molar-refractivity contribution in [3.05, 3.63) is 28.4 Å². The molecule has 1 aromatic heterocycles. The number of aryl methyl sites for hydroxylation is 1. The first-order valence-corrected chi connectivity index (χ1v) is 6.62. The second-order valence-corrected chi connectivity index (χ2v) is 5.16. The Morgan fingerprint density at radius 1 is 1.35 bits per heavy atom. The average Bonchev–Trinajstić information content (AvgIpc) is 2.87. The van der Waals surface area contributed by atoms with Gasteiger partial charge in [0, 0.05) is 10.4 Å². The summed E-state index contributed by atoms with van der Waals surface area (Å²) >= 11 is 6.34. The Labute approximate surface area is 107 Å². The molecule has 3 heteroatoms. The lowest BCUT2D eigenvalue weighted by Gasteiger charge is -2.15. The number of nitrogens with zero attached hydrogens (tertiary/aromatic N) is 1. The highest BCUT2D eigenvalue weighted by Crippen LogP contribution is 2.52. The molecule has 0 aliphatic heterocycles. The molecule has 2 nitrogen and oxygen atoms in total. The summed E-state index contributed by atoms with van der Waals surface area (Å²) in [6.45, 7) is 8.43. The quantitative estimate of drug-likeness (QED) is 0.787. The molecule has 3 rings (SSSR count). The summed E-state index contributed by atoms with van der Waals surface area (Å²) < 4.78 is 0. The molecule has 0 atom stereocenters. The van der Waals surface area contributed by atoms with Crippen LogP contribution in [0.25, 0.3) is 10.9 Å². The summed E-state index contributed by atoms with van der Waals surface area (Å²) in [4.78, 5) is 0. The van der Waals surface area contributed by atoms with Crippen molar-refractivity contribution in [2.45, 2.75) is 46.0 Å². The molecule has 1 fully saturated rings. The predicted octanol–water partition coefficient (Wildman–Crippen LogP) is 4.60. The van der Waals surface area contributed by atoms with Crippen molar-refractivity contribution >= 4 is 22.5 Å². The molecule has 2 aromatic rings. The summed E-state index contributed by atoms with van der Waals surface area (Å²) in [5.74, 6) is 0. The number of hydrogen-bond donors (Lipinski definition) is 1. The van der Waals surface area contributed by atoms with Gasteiger partial charge in [-0.2, -0.15) is 5.10 Å². The molecule has 1 N–H and O–H groups in total. The van der Waals surface area contributed by atoms with Crippen LogP contribution in [0.1, 0.15) is 44.7 Å². The van der Waals surface area contributed by atoms with Crippen LogP contribution >= 0.6 is 11.6 Å². The third-order valence-electron chi connectivity index (χ3n) is 3.56. The fraction of sp³-hybridized carbons (Fsp3) is 0.500. The van der Waals surface area contributed by atoms with Crippen LogP contribution in [0.15, 0.2) is 12.3 Å². The van der Waals surface area contributed by atoms with Gasteiger partial charge in [0.1, 0.15) is 0 Å². The lowest BCUT2D eigenvalue weighted by Crippen LogP contribution is -2.04. The van der Waals surface area contributed by atoms with Gasteiger partial charge in [0.05, 0.1) is 11.7 Å². The van der Waals surface area contributed by atoms with E-state index < -0.39 is 0 Å². The molecular formula is C14H19ClN2. The van der Waals surface area contributed by atoms with E-state index >= 15 is 0 Å². The van der Waals surface area contributed by atoms with Crippen molar-refractivity contribution in [3.8, 4) is 0 Å². The molecular weight excluding hydrogens is 232 g/mol. The maximum Gasteiger partial charge on any atom is 0.0668 e. The highest BCUT2D eigenvalue weighted by Gasteiger charge is 2.41. The van der Waals surface area contributed by atoms with E-state index in [4.69, 9.17) is 11.6 Å². The van der Waals surface area contributed by atoms with Crippen LogP contribution in [-0.2, 0) is 5.41 Å². The SMILES string of the molecule is CC.Cc1c(C2(C)CC2)c(Cl)cc2[nH]ncc12. The Morgan fingerprint density at radius 2 is 2.00 bits per heavy atom. The van der Waals surface area contributed by atoms with E-state index in [0.29, 0.717) is 5.41 Å². The number of nitrogens with one attached hydrogen (secondary N) is 1. The molecule has 0 unspecified atom stereocenters. The van der Waals surface area contributed by atoms with Crippen LogP contribution < -0.4 is 0 Å². The molecule has 92 valence electrons. The van der Waals surface area contributed by atoms with Crippen molar-refractivity contribution in [2.75, 3.05) is 0 Å². The number of rotatable bonds is 1. The van der Waals surface area contributed by atoms with Gasteiger partial charge >= 0.3 is 0 Å². The molecule has 1 aliphatic rings. The minimum absolute atomic E-state index is 0.312. The first-order chi connectivity index (χ1) is 8.12. The first kappa shape index (κ1) is 12.4. The van der Waals surface area contributed by atoms with Crippen molar-refractivity contribution in [2.24, 2.45) is 0 Å². The number of aromatic amines is 1. The lowest BCUT2D eigenvalue weighted by atomic mass is 9.92. The molecule has 1 saturated carbocycles. The van der Waals surface area contributed by atoms with Crippen molar-refractivity contribution in [1.82, 2.24) is 10.2 Å². The summed E-state index contributed by atoms with van der Waals surface area (Å²) in [6, 6.07) is 2.00. The largest absolute Gasteiger partial charge is 0.278 e. The highest BCUT2D eigenvalue weighted by atomic mass is 35.5. The number of benzene rings is 1. The lowest BCUT2D eigenvalue weighted by molar-refractivity contribution is 0.782. The second kappa shape index (κ2) is 4.34. The van der Waals surface area contributed by atoms with Crippen LogP contribution in [-0.4, -0.2) is 10.2 Å². The minimum atomic E-state index is 0.312. The molecule has 0 radical (unpaired) electrons. The minimum Gasteiger partial charge on any atom is -0.278 e. The first-order valence-electron chi connectivity index (χ1n) is 6.24.